The van der Waals surface area contributed by atoms with Crippen molar-refractivity contribution in [2.75, 3.05) is 13.1 Å². The van der Waals surface area contributed by atoms with E-state index in [1.165, 1.54) is 5.56 Å². The number of benzene rings is 1. The predicted octanol–water partition coefficient (Wildman–Crippen LogP) is 2.70. The van der Waals surface area contributed by atoms with Crippen molar-refractivity contribution in [2.24, 2.45) is 5.73 Å². The highest BCUT2D eigenvalue weighted by Crippen LogP contribution is 2.28. The Morgan fingerprint density at radius 1 is 1.25 bits per heavy atom. The molecule has 0 bridgehead atoms. The van der Waals surface area contributed by atoms with Gasteiger partial charge in [-0.2, -0.15) is 5.10 Å². The molecular formula is C18H25ClN4O. The number of likely N-dealkylation sites (tertiary alicyclic amines) is 1. The standard InChI is InChI=1S/C18H24N4O.ClH/c1-18(2,3)16-9-15(20-21-16)17(23)22-10-13(14(19)11-22)12-7-5-4-6-8-12;/h4-9,13-14H,10-11,19H2,1-3H3,(H,20,21);1H/t13-,14+;/m0./s1. The molecule has 6 heteroatoms. The fourth-order valence-corrected chi connectivity index (χ4v) is 3.03. The van der Waals surface area contributed by atoms with E-state index in [0.717, 1.165) is 5.69 Å². The molecular weight excluding hydrogens is 324 g/mol. The van der Waals surface area contributed by atoms with Crippen molar-refractivity contribution in [3.05, 3.63) is 53.3 Å². The molecule has 0 radical (unpaired) electrons. The lowest BCUT2D eigenvalue weighted by Crippen LogP contribution is -2.32. The van der Waals surface area contributed by atoms with E-state index in [0.29, 0.717) is 18.8 Å². The first kappa shape index (κ1) is 18.5. The number of hydrogen-bond donors (Lipinski definition) is 2. The van der Waals surface area contributed by atoms with Crippen LogP contribution in [0.4, 0.5) is 0 Å². The minimum Gasteiger partial charge on any atom is -0.335 e. The van der Waals surface area contributed by atoms with Gasteiger partial charge in [0.1, 0.15) is 5.69 Å². The summed E-state index contributed by atoms with van der Waals surface area (Å²) in [7, 11) is 0. The summed E-state index contributed by atoms with van der Waals surface area (Å²) in [6.07, 6.45) is 0. The highest BCUT2D eigenvalue weighted by Gasteiger charge is 2.35. The molecule has 2 heterocycles. The zero-order valence-corrected chi connectivity index (χ0v) is 15.1. The summed E-state index contributed by atoms with van der Waals surface area (Å²) in [6.45, 7) is 7.47. The minimum absolute atomic E-state index is 0. The number of carbonyl (C=O) groups is 1. The molecule has 5 nitrogen and oxygen atoms in total. The number of amides is 1. The molecule has 0 spiro atoms. The van der Waals surface area contributed by atoms with Gasteiger partial charge in [-0.15, -0.1) is 12.4 Å². The van der Waals surface area contributed by atoms with Crippen LogP contribution in [-0.2, 0) is 5.41 Å². The maximum absolute atomic E-state index is 12.7. The number of hydrogen-bond acceptors (Lipinski definition) is 3. The number of aromatic amines is 1. The van der Waals surface area contributed by atoms with Crippen molar-refractivity contribution < 1.29 is 4.79 Å². The van der Waals surface area contributed by atoms with Crippen molar-refractivity contribution in [1.29, 1.82) is 0 Å². The second kappa shape index (κ2) is 6.95. The predicted molar refractivity (Wildman–Crippen MR) is 97.6 cm³/mol. The molecule has 1 aliphatic heterocycles. The molecule has 1 amide bonds. The third-order valence-corrected chi connectivity index (χ3v) is 4.49. The van der Waals surface area contributed by atoms with E-state index < -0.39 is 0 Å². The van der Waals surface area contributed by atoms with Crippen LogP contribution in [0.3, 0.4) is 0 Å². The van der Waals surface area contributed by atoms with Crippen molar-refractivity contribution in [2.45, 2.75) is 38.1 Å². The maximum atomic E-state index is 12.7. The summed E-state index contributed by atoms with van der Waals surface area (Å²) in [5.41, 5.74) is 8.83. The van der Waals surface area contributed by atoms with Crippen LogP contribution in [0, 0.1) is 0 Å². The van der Waals surface area contributed by atoms with Crippen LogP contribution < -0.4 is 5.73 Å². The fraction of sp³-hybridized carbons (Fsp3) is 0.444. The molecule has 1 aromatic carbocycles. The molecule has 0 aliphatic carbocycles. The quantitative estimate of drug-likeness (QED) is 0.876. The molecule has 1 fully saturated rings. The van der Waals surface area contributed by atoms with Crippen molar-refractivity contribution >= 4 is 18.3 Å². The van der Waals surface area contributed by atoms with E-state index in [1.807, 2.05) is 29.2 Å². The third-order valence-electron chi connectivity index (χ3n) is 4.49. The molecule has 2 atom stereocenters. The zero-order valence-electron chi connectivity index (χ0n) is 14.3. The van der Waals surface area contributed by atoms with Gasteiger partial charge in [-0.05, 0) is 11.6 Å². The van der Waals surface area contributed by atoms with Crippen LogP contribution in [0.5, 0.6) is 0 Å². The van der Waals surface area contributed by atoms with E-state index >= 15 is 0 Å². The van der Waals surface area contributed by atoms with Gasteiger partial charge < -0.3 is 10.6 Å². The molecule has 1 aliphatic rings. The Hall–Kier alpha value is -1.85. The summed E-state index contributed by atoms with van der Waals surface area (Å²) < 4.78 is 0. The average Bonchev–Trinajstić information content (AvgIpc) is 3.14. The largest absolute Gasteiger partial charge is 0.335 e. The third kappa shape index (κ3) is 3.62. The fourth-order valence-electron chi connectivity index (χ4n) is 3.03. The summed E-state index contributed by atoms with van der Waals surface area (Å²) in [5.74, 6) is 0.131. The number of halogens is 1. The van der Waals surface area contributed by atoms with E-state index in [2.05, 4.69) is 43.1 Å². The summed E-state index contributed by atoms with van der Waals surface area (Å²) in [6, 6.07) is 12.0. The number of rotatable bonds is 2. The van der Waals surface area contributed by atoms with Gasteiger partial charge in [0.25, 0.3) is 5.91 Å². The maximum Gasteiger partial charge on any atom is 0.274 e. The molecule has 0 unspecified atom stereocenters. The van der Waals surface area contributed by atoms with Gasteiger partial charge in [-0.3, -0.25) is 9.89 Å². The number of nitrogens with two attached hydrogens (primary N) is 1. The monoisotopic (exact) mass is 348 g/mol. The number of nitrogens with one attached hydrogen (secondary N) is 1. The molecule has 1 aromatic heterocycles. The number of nitrogens with zero attached hydrogens (tertiary/aromatic N) is 2. The van der Waals surface area contributed by atoms with Crippen LogP contribution in [0.2, 0.25) is 0 Å². The zero-order chi connectivity index (χ0) is 16.6. The van der Waals surface area contributed by atoms with E-state index in [-0.39, 0.29) is 35.7 Å². The molecule has 24 heavy (non-hydrogen) atoms. The second-order valence-electron chi connectivity index (χ2n) is 7.31. The second-order valence-corrected chi connectivity index (χ2v) is 7.31. The molecule has 2 aromatic rings. The normalized spacial score (nSPS) is 20.8. The first-order valence-corrected chi connectivity index (χ1v) is 8.02. The van der Waals surface area contributed by atoms with E-state index in [1.54, 1.807) is 0 Å². The lowest BCUT2D eigenvalue weighted by molar-refractivity contribution is 0.0783. The van der Waals surface area contributed by atoms with Crippen molar-refractivity contribution in [3.8, 4) is 0 Å². The minimum atomic E-state index is -0.0560. The Bertz CT molecular complexity index is 693. The topological polar surface area (TPSA) is 75.0 Å². The summed E-state index contributed by atoms with van der Waals surface area (Å²) in [5, 5.41) is 7.17. The molecule has 0 saturated carbocycles. The van der Waals surface area contributed by atoms with Gasteiger partial charge in [-0.25, -0.2) is 0 Å². The van der Waals surface area contributed by atoms with Crippen LogP contribution in [0.25, 0.3) is 0 Å². The average molecular weight is 349 g/mol. The highest BCUT2D eigenvalue weighted by atomic mass is 35.5. The Morgan fingerprint density at radius 2 is 1.92 bits per heavy atom. The first-order valence-electron chi connectivity index (χ1n) is 8.02. The Kier molecular flexibility index (Phi) is 5.35. The van der Waals surface area contributed by atoms with Crippen LogP contribution in [0.1, 0.15) is 48.4 Å². The summed E-state index contributed by atoms with van der Waals surface area (Å²) in [4.78, 5) is 14.5. The van der Waals surface area contributed by atoms with Gasteiger partial charge in [0, 0.05) is 36.2 Å². The number of carbonyl (C=O) groups excluding carboxylic acids is 1. The van der Waals surface area contributed by atoms with Gasteiger partial charge in [0.05, 0.1) is 0 Å². The van der Waals surface area contributed by atoms with Crippen LogP contribution in [0.15, 0.2) is 36.4 Å². The van der Waals surface area contributed by atoms with Crippen molar-refractivity contribution in [1.82, 2.24) is 15.1 Å². The molecule has 3 rings (SSSR count). The van der Waals surface area contributed by atoms with Crippen LogP contribution >= 0.6 is 12.4 Å². The summed E-state index contributed by atoms with van der Waals surface area (Å²) >= 11 is 0. The lowest BCUT2D eigenvalue weighted by Gasteiger charge is -2.16. The smallest absolute Gasteiger partial charge is 0.274 e. The van der Waals surface area contributed by atoms with Gasteiger partial charge >= 0.3 is 0 Å². The van der Waals surface area contributed by atoms with Crippen LogP contribution in [-0.4, -0.2) is 40.1 Å². The Labute approximate surface area is 149 Å². The SMILES string of the molecule is CC(C)(C)c1cc(C(=O)N2C[C@@H](N)[C@H](c3ccccc3)C2)n[nH]1.Cl. The van der Waals surface area contributed by atoms with Gasteiger partial charge in [0.2, 0.25) is 0 Å². The van der Waals surface area contributed by atoms with E-state index in [9.17, 15) is 4.79 Å². The highest BCUT2D eigenvalue weighted by molar-refractivity contribution is 5.92. The van der Waals surface area contributed by atoms with Crippen molar-refractivity contribution in [3.63, 3.8) is 0 Å². The lowest BCUT2D eigenvalue weighted by atomic mass is 9.92. The number of aromatic nitrogens is 2. The van der Waals surface area contributed by atoms with Gasteiger partial charge in [0.15, 0.2) is 0 Å². The van der Waals surface area contributed by atoms with E-state index in [4.69, 9.17) is 5.73 Å². The Balaban J connectivity index is 0.00000208. The molecule has 3 N–H and O–H groups in total. The van der Waals surface area contributed by atoms with Gasteiger partial charge in [-0.1, -0.05) is 51.1 Å². The Morgan fingerprint density at radius 3 is 2.50 bits per heavy atom. The molecule has 1 saturated heterocycles. The molecule has 130 valence electrons. The first-order chi connectivity index (χ1) is 10.9. The number of H-pyrrole nitrogens is 1.